The van der Waals surface area contributed by atoms with E-state index in [0.29, 0.717) is 10.7 Å². The number of benzene rings is 1. The van der Waals surface area contributed by atoms with E-state index in [1.54, 1.807) is 16.8 Å². The Labute approximate surface area is 105 Å². The van der Waals surface area contributed by atoms with Gasteiger partial charge in [0.2, 0.25) is 0 Å². The van der Waals surface area contributed by atoms with Gasteiger partial charge in [0, 0.05) is 5.69 Å². The normalized spacial score (nSPS) is 10.9. The van der Waals surface area contributed by atoms with Gasteiger partial charge in [0.05, 0.1) is 10.7 Å². The summed E-state index contributed by atoms with van der Waals surface area (Å²) in [6, 6.07) is 4.65. The van der Waals surface area contributed by atoms with Crippen molar-refractivity contribution >= 4 is 11.6 Å². The van der Waals surface area contributed by atoms with Crippen LogP contribution in [0.4, 0.5) is 4.39 Å². The molecule has 0 amide bonds. The van der Waals surface area contributed by atoms with Crippen LogP contribution in [0.25, 0.3) is 5.69 Å². The first-order chi connectivity index (χ1) is 8.06. The Hall–Kier alpha value is -1.35. The molecule has 0 atom stereocenters. The van der Waals surface area contributed by atoms with Gasteiger partial charge in [0.25, 0.3) is 0 Å². The number of nitrogens with zero attached hydrogens (tertiary/aromatic N) is 2. The second-order valence-corrected chi connectivity index (χ2v) is 4.39. The maximum atomic E-state index is 13.8. The fourth-order valence-electron chi connectivity index (χ4n) is 2.10. The lowest BCUT2D eigenvalue weighted by atomic mass is 10.1. The van der Waals surface area contributed by atoms with Crippen molar-refractivity contribution in [2.24, 2.45) is 0 Å². The molecule has 4 heteroatoms. The van der Waals surface area contributed by atoms with Crippen LogP contribution >= 0.6 is 11.6 Å². The third kappa shape index (κ3) is 1.95. The number of hydrogen-bond donors (Lipinski definition) is 0. The minimum Gasteiger partial charge on any atom is -0.233 e. The van der Waals surface area contributed by atoms with E-state index < -0.39 is 0 Å². The summed E-state index contributed by atoms with van der Waals surface area (Å²) in [7, 11) is 0. The standard InChI is InChI=1S/C13H14ClFN2/c1-4-10-8(2)16-17(9(10)3)13-11(14)6-5-7-12(13)15/h5-7H,4H2,1-3H3. The number of rotatable bonds is 2. The molecule has 0 unspecified atom stereocenters. The van der Waals surface area contributed by atoms with Crippen LogP contribution in [0.2, 0.25) is 5.02 Å². The topological polar surface area (TPSA) is 17.8 Å². The molecule has 0 bridgehead atoms. The van der Waals surface area contributed by atoms with E-state index in [9.17, 15) is 4.39 Å². The van der Waals surface area contributed by atoms with Gasteiger partial charge in [-0.25, -0.2) is 9.07 Å². The number of aryl methyl sites for hydroxylation is 1. The van der Waals surface area contributed by atoms with E-state index in [1.165, 1.54) is 6.07 Å². The molecule has 0 spiro atoms. The van der Waals surface area contributed by atoms with Gasteiger partial charge < -0.3 is 0 Å². The van der Waals surface area contributed by atoms with E-state index in [-0.39, 0.29) is 5.82 Å². The van der Waals surface area contributed by atoms with Gasteiger partial charge >= 0.3 is 0 Å². The maximum Gasteiger partial charge on any atom is 0.150 e. The Morgan fingerprint density at radius 3 is 2.59 bits per heavy atom. The van der Waals surface area contributed by atoms with Crippen molar-refractivity contribution in [3.05, 3.63) is 46.0 Å². The maximum absolute atomic E-state index is 13.8. The molecule has 0 fully saturated rings. The predicted molar refractivity (Wildman–Crippen MR) is 67.4 cm³/mol. The molecule has 1 aromatic heterocycles. The summed E-state index contributed by atoms with van der Waals surface area (Å²) in [5.41, 5.74) is 3.33. The molecule has 90 valence electrons. The molecular weight excluding hydrogens is 239 g/mol. The van der Waals surface area contributed by atoms with Crippen molar-refractivity contribution in [3.63, 3.8) is 0 Å². The largest absolute Gasteiger partial charge is 0.233 e. The first-order valence-electron chi connectivity index (χ1n) is 5.55. The number of halogens is 2. The number of aromatic nitrogens is 2. The minimum atomic E-state index is -0.356. The molecule has 17 heavy (non-hydrogen) atoms. The van der Waals surface area contributed by atoms with E-state index in [4.69, 9.17) is 11.6 Å². The van der Waals surface area contributed by atoms with Crippen molar-refractivity contribution in [2.75, 3.05) is 0 Å². The SMILES string of the molecule is CCc1c(C)nn(-c2c(F)cccc2Cl)c1C. The van der Waals surface area contributed by atoms with Crippen LogP contribution in [-0.2, 0) is 6.42 Å². The average Bonchev–Trinajstić information content (AvgIpc) is 2.54. The Morgan fingerprint density at radius 1 is 1.35 bits per heavy atom. The van der Waals surface area contributed by atoms with E-state index in [2.05, 4.69) is 12.0 Å². The fraction of sp³-hybridized carbons (Fsp3) is 0.308. The summed E-state index contributed by atoms with van der Waals surface area (Å²) in [5.74, 6) is -0.356. The highest BCUT2D eigenvalue weighted by Gasteiger charge is 2.16. The van der Waals surface area contributed by atoms with Crippen LogP contribution in [0.5, 0.6) is 0 Å². The quantitative estimate of drug-likeness (QED) is 0.794. The van der Waals surface area contributed by atoms with Gasteiger partial charge in [-0.05, 0) is 38.0 Å². The zero-order valence-electron chi connectivity index (χ0n) is 10.1. The zero-order valence-corrected chi connectivity index (χ0v) is 10.8. The van der Waals surface area contributed by atoms with Crippen molar-refractivity contribution in [1.29, 1.82) is 0 Å². The first kappa shape index (κ1) is 12.1. The molecule has 0 aliphatic rings. The molecular formula is C13H14ClFN2. The summed E-state index contributed by atoms with van der Waals surface area (Å²) in [6.45, 7) is 5.92. The lowest BCUT2D eigenvalue weighted by molar-refractivity contribution is 0.608. The highest BCUT2D eigenvalue weighted by molar-refractivity contribution is 6.32. The summed E-state index contributed by atoms with van der Waals surface area (Å²) in [6.07, 6.45) is 0.879. The van der Waals surface area contributed by atoms with Gasteiger partial charge in [-0.1, -0.05) is 24.6 Å². The molecule has 0 radical (unpaired) electrons. The third-order valence-electron chi connectivity index (χ3n) is 2.94. The Kier molecular flexibility index (Phi) is 3.20. The van der Waals surface area contributed by atoms with Gasteiger partial charge in [-0.2, -0.15) is 5.10 Å². The van der Waals surface area contributed by atoms with E-state index >= 15 is 0 Å². The van der Waals surface area contributed by atoms with Gasteiger partial charge in [0.15, 0.2) is 0 Å². The van der Waals surface area contributed by atoms with Crippen LogP contribution in [-0.4, -0.2) is 9.78 Å². The fourth-order valence-corrected chi connectivity index (χ4v) is 2.34. The number of para-hydroxylation sites is 1. The van der Waals surface area contributed by atoms with Crippen LogP contribution in [0.1, 0.15) is 23.9 Å². The Balaban J connectivity index is 2.69. The van der Waals surface area contributed by atoms with Crippen LogP contribution in [0.3, 0.4) is 0 Å². The predicted octanol–water partition coefficient (Wildman–Crippen LogP) is 3.84. The van der Waals surface area contributed by atoms with E-state index in [0.717, 1.165) is 23.4 Å². The van der Waals surface area contributed by atoms with Crippen LogP contribution in [0.15, 0.2) is 18.2 Å². The molecule has 1 heterocycles. The van der Waals surface area contributed by atoms with Gasteiger partial charge in [0.1, 0.15) is 11.5 Å². The summed E-state index contributed by atoms with van der Waals surface area (Å²) in [5, 5.41) is 4.74. The molecule has 0 aliphatic carbocycles. The molecule has 2 aromatic rings. The monoisotopic (exact) mass is 252 g/mol. The van der Waals surface area contributed by atoms with E-state index in [1.807, 2.05) is 13.8 Å². The molecule has 1 aromatic carbocycles. The van der Waals surface area contributed by atoms with Crippen molar-refractivity contribution in [2.45, 2.75) is 27.2 Å². The number of hydrogen-bond acceptors (Lipinski definition) is 1. The Bertz CT molecular complexity index is 541. The highest BCUT2D eigenvalue weighted by Crippen LogP contribution is 2.26. The van der Waals surface area contributed by atoms with Gasteiger partial charge in [-0.15, -0.1) is 0 Å². The smallest absolute Gasteiger partial charge is 0.150 e. The van der Waals surface area contributed by atoms with Gasteiger partial charge in [-0.3, -0.25) is 0 Å². The molecule has 2 nitrogen and oxygen atoms in total. The lowest BCUT2D eigenvalue weighted by Gasteiger charge is -2.08. The summed E-state index contributed by atoms with van der Waals surface area (Å²) in [4.78, 5) is 0. The summed E-state index contributed by atoms with van der Waals surface area (Å²) >= 11 is 6.04. The first-order valence-corrected chi connectivity index (χ1v) is 5.93. The van der Waals surface area contributed by atoms with Crippen molar-refractivity contribution in [1.82, 2.24) is 9.78 Å². The Morgan fingerprint density at radius 2 is 2.06 bits per heavy atom. The van der Waals surface area contributed by atoms with Crippen molar-refractivity contribution in [3.8, 4) is 5.69 Å². The molecule has 0 aliphatic heterocycles. The second kappa shape index (κ2) is 4.49. The van der Waals surface area contributed by atoms with Crippen LogP contribution in [0, 0.1) is 19.7 Å². The highest BCUT2D eigenvalue weighted by atomic mass is 35.5. The minimum absolute atomic E-state index is 0.328. The molecule has 0 saturated carbocycles. The third-order valence-corrected chi connectivity index (χ3v) is 3.25. The lowest BCUT2D eigenvalue weighted by Crippen LogP contribution is -2.03. The second-order valence-electron chi connectivity index (χ2n) is 3.98. The molecule has 0 N–H and O–H groups in total. The summed E-state index contributed by atoms with van der Waals surface area (Å²) < 4.78 is 15.4. The molecule has 0 saturated heterocycles. The van der Waals surface area contributed by atoms with Crippen LogP contribution < -0.4 is 0 Å². The average molecular weight is 253 g/mol. The van der Waals surface area contributed by atoms with Crippen molar-refractivity contribution < 1.29 is 4.39 Å². The zero-order chi connectivity index (χ0) is 12.6. The molecule has 2 rings (SSSR count).